The van der Waals surface area contributed by atoms with Crippen molar-refractivity contribution >= 4 is 29.1 Å². The molecule has 0 aromatic carbocycles. The molecule has 0 fully saturated rings. The molecule has 1 aromatic rings. The molecule has 0 unspecified atom stereocenters. The molecule has 0 spiro atoms. The standard InChI is InChI=1S/C10H12ClN3O4/c1-10(2,9(15)18-3)13-8-6(14(16)17)4-5-7(11)12-8/h4-5H,1-3H3,(H,12,13). The van der Waals surface area contributed by atoms with E-state index in [2.05, 4.69) is 15.0 Å². The first kappa shape index (κ1) is 14.2. The number of carbonyl (C=O) groups is 1. The average Bonchev–Trinajstić information content (AvgIpc) is 2.26. The number of rotatable bonds is 4. The minimum Gasteiger partial charge on any atom is -0.467 e. The zero-order valence-electron chi connectivity index (χ0n) is 10.1. The zero-order chi connectivity index (χ0) is 13.9. The molecule has 0 bridgehead atoms. The van der Waals surface area contributed by atoms with Crippen LogP contribution in [0.3, 0.4) is 0 Å². The van der Waals surface area contributed by atoms with Crippen molar-refractivity contribution in [3.05, 3.63) is 27.4 Å². The molecule has 0 aliphatic heterocycles. The second kappa shape index (κ2) is 5.18. The Hall–Kier alpha value is -1.89. The van der Waals surface area contributed by atoms with Crippen LogP contribution < -0.4 is 5.32 Å². The van der Waals surface area contributed by atoms with Crippen molar-refractivity contribution in [2.75, 3.05) is 12.4 Å². The van der Waals surface area contributed by atoms with Crippen LogP contribution in [0.15, 0.2) is 12.1 Å². The first-order valence-corrected chi connectivity index (χ1v) is 5.33. The lowest BCUT2D eigenvalue weighted by molar-refractivity contribution is -0.384. The molecular weight excluding hydrogens is 262 g/mol. The number of carbonyl (C=O) groups excluding carboxylic acids is 1. The number of anilines is 1. The van der Waals surface area contributed by atoms with Crippen LogP contribution in [0, 0.1) is 10.1 Å². The normalized spacial score (nSPS) is 10.9. The maximum absolute atomic E-state index is 11.5. The fourth-order valence-electron chi connectivity index (χ4n) is 1.27. The van der Waals surface area contributed by atoms with Gasteiger partial charge in [-0.15, -0.1) is 0 Å². The highest BCUT2D eigenvalue weighted by Gasteiger charge is 2.31. The third kappa shape index (κ3) is 3.07. The van der Waals surface area contributed by atoms with Gasteiger partial charge in [0.25, 0.3) is 0 Å². The van der Waals surface area contributed by atoms with Crippen LogP contribution in [0.5, 0.6) is 0 Å². The molecule has 7 nitrogen and oxygen atoms in total. The monoisotopic (exact) mass is 273 g/mol. The van der Waals surface area contributed by atoms with Gasteiger partial charge in [-0.3, -0.25) is 10.1 Å². The van der Waals surface area contributed by atoms with E-state index in [-0.39, 0.29) is 16.7 Å². The Balaban J connectivity index is 3.13. The third-order valence-electron chi connectivity index (χ3n) is 2.16. The Morgan fingerprint density at radius 2 is 2.17 bits per heavy atom. The average molecular weight is 274 g/mol. The highest BCUT2D eigenvalue weighted by atomic mass is 35.5. The number of nitrogens with one attached hydrogen (secondary N) is 1. The number of methoxy groups -OCH3 is 1. The summed E-state index contributed by atoms with van der Waals surface area (Å²) in [6, 6.07) is 2.51. The van der Waals surface area contributed by atoms with Crippen LogP contribution >= 0.6 is 11.6 Å². The number of hydrogen-bond acceptors (Lipinski definition) is 6. The van der Waals surface area contributed by atoms with Gasteiger partial charge in [-0.1, -0.05) is 11.6 Å². The molecule has 0 atom stereocenters. The lowest BCUT2D eigenvalue weighted by Crippen LogP contribution is -2.41. The van der Waals surface area contributed by atoms with Gasteiger partial charge >= 0.3 is 11.7 Å². The molecule has 0 saturated carbocycles. The van der Waals surface area contributed by atoms with E-state index in [1.807, 2.05) is 0 Å². The lowest BCUT2D eigenvalue weighted by atomic mass is 10.1. The van der Waals surface area contributed by atoms with Crippen molar-refractivity contribution in [1.82, 2.24) is 4.98 Å². The number of esters is 1. The minimum atomic E-state index is -1.16. The summed E-state index contributed by atoms with van der Waals surface area (Å²) in [6.45, 7) is 3.04. The van der Waals surface area contributed by atoms with Crippen molar-refractivity contribution in [2.45, 2.75) is 19.4 Å². The van der Waals surface area contributed by atoms with Crippen molar-refractivity contribution in [3.63, 3.8) is 0 Å². The van der Waals surface area contributed by atoms with E-state index in [1.54, 1.807) is 0 Å². The summed E-state index contributed by atoms with van der Waals surface area (Å²) < 4.78 is 4.59. The number of ether oxygens (including phenoxy) is 1. The molecule has 0 amide bonds. The summed E-state index contributed by atoms with van der Waals surface area (Å²) in [7, 11) is 1.23. The van der Waals surface area contributed by atoms with Gasteiger partial charge < -0.3 is 10.1 Å². The predicted molar refractivity (Wildman–Crippen MR) is 65.6 cm³/mol. The second-order valence-electron chi connectivity index (χ2n) is 4.00. The van der Waals surface area contributed by atoms with Gasteiger partial charge in [-0.05, 0) is 19.9 Å². The van der Waals surface area contributed by atoms with Gasteiger partial charge in [0.1, 0.15) is 10.7 Å². The van der Waals surface area contributed by atoms with Crippen molar-refractivity contribution in [1.29, 1.82) is 0 Å². The topological polar surface area (TPSA) is 94.4 Å². The largest absolute Gasteiger partial charge is 0.467 e. The number of pyridine rings is 1. The molecule has 0 saturated heterocycles. The van der Waals surface area contributed by atoms with Gasteiger partial charge in [0.15, 0.2) is 0 Å². The summed E-state index contributed by atoms with van der Waals surface area (Å²) in [6.07, 6.45) is 0. The Kier molecular flexibility index (Phi) is 4.07. The molecule has 0 aliphatic carbocycles. The molecule has 1 rings (SSSR count). The minimum absolute atomic E-state index is 0.0806. The van der Waals surface area contributed by atoms with Crippen molar-refractivity contribution < 1.29 is 14.5 Å². The van der Waals surface area contributed by atoms with Crippen LogP contribution in [0.1, 0.15) is 13.8 Å². The van der Waals surface area contributed by atoms with Crippen LogP contribution in [-0.4, -0.2) is 28.5 Å². The van der Waals surface area contributed by atoms with E-state index in [1.165, 1.54) is 33.1 Å². The number of nitro groups is 1. The molecule has 18 heavy (non-hydrogen) atoms. The lowest BCUT2D eigenvalue weighted by Gasteiger charge is -2.23. The van der Waals surface area contributed by atoms with Gasteiger partial charge in [0, 0.05) is 6.07 Å². The highest BCUT2D eigenvalue weighted by molar-refractivity contribution is 6.29. The predicted octanol–water partition coefficient (Wildman–Crippen LogP) is 2.01. The molecule has 0 aliphatic rings. The van der Waals surface area contributed by atoms with E-state index in [4.69, 9.17) is 11.6 Å². The van der Waals surface area contributed by atoms with Gasteiger partial charge in [0.05, 0.1) is 12.0 Å². The quantitative estimate of drug-likeness (QED) is 0.390. The summed E-state index contributed by atoms with van der Waals surface area (Å²) in [4.78, 5) is 25.5. The van der Waals surface area contributed by atoms with Crippen molar-refractivity contribution in [3.8, 4) is 0 Å². The summed E-state index contributed by atoms with van der Waals surface area (Å²) in [5.41, 5.74) is -1.42. The van der Waals surface area contributed by atoms with E-state index >= 15 is 0 Å². The van der Waals surface area contributed by atoms with Gasteiger partial charge in [-0.25, -0.2) is 9.78 Å². The molecule has 1 heterocycles. The first-order chi connectivity index (χ1) is 8.27. The Bertz CT molecular complexity index is 490. The van der Waals surface area contributed by atoms with Crippen LogP contribution in [0.4, 0.5) is 11.5 Å². The molecular formula is C10H12ClN3O4. The first-order valence-electron chi connectivity index (χ1n) is 4.95. The van der Waals surface area contributed by atoms with Gasteiger partial charge in [-0.2, -0.15) is 0 Å². The van der Waals surface area contributed by atoms with E-state index in [0.29, 0.717) is 0 Å². The molecule has 8 heteroatoms. The Morgan fingerprint density at radius 1 is 1.56 bits per heavy atom. The molecule has 0 radical (unpaired) electrons. The van der Waals surface area contributed by atoms with Crippen LogP contribution in [0.25, 0.3) is 0 Å². The molecule has 1 aromatic heterocycles. The fraction of sp³-hybridized carbons (Fsp3) is 0.400. The second-order valence-corrected chi connectivity index (χ2v) is 4.39. The SMILES string of the molecule is COC(=O)C(C)(C)Nc1nc(Cl)ccc1[N+](=O)[O-]. The maximum atomic E-state index is 11.5. The fourth-order valence-corrected chi connectivity index (χ4v) is 1.42. The van der Waals surface area contributed by atoms with Crippen molar-refractivity contribution in [2.24, 2.45) is 0 Å². The van der Waals surface area contributed by atoms with Crippen LogP contribution in [0.2, 0.25) is 5.15 Å². The molecule has 1 N–H and O–H groups in total. The zero-order valence-corrected chi connectivity index (χ0v) is 10.8. The molecule has 98 valence electrons. The summed E-state index contributed by atoms with van der Waals surface area (Å²) >= 11 is 5.67. The highest BCUT2D eigenvalue weighted by Crippen LogP contribution is 2.27. The van der Waals surface area contributed by atoms with Crippen LogP contribution in [-0.2, 0) is 9.53 Å². The number of halogens is 1. The Labute approximate surface area is 108 Å². The number of nitrogens with zero attached hydrogens (tertiary/aromatic N) is 2. The summed E-state index contributed by atoms with van der Waals surface area (Å²) in [5.74, 6) is -0.651. The van der Waals surface area contributed by atoms with Gasteiger partial charge in [0.2, 0.25) is 5.82 Å². The van der Waals surface area contributed by atoms with E-state index < -0.39 is 16.4 Å². The number of aromatic nitrogens is 1. The van der Waals surface area contributed by atoms with E-state index in [9.17, 15) is 14.9 Å². The number of hydrogen-bond donors (Lipinski definition) is 1. The smallest absolute Gasteiger partial charge is 0.330 e. The Morgan fingerprint density at radius 3 is 2.67 bits per heavy atom. The third-order valence-corrected chi connectivity index (χ3v) is 2.37. The van der Waals surface area contributed by atoms with E-state index in [0.717, 1.165) is 0 Å². The summed E-state index contributed by atoms with van der Waals surface area (Å²) in [5, 5.41) is 13.6. The maximum Gasteiger partial charge on any atom is 0.330 e.